The van der Waals surface area contributed by atoms with E-state index in [-0.39, 0.29) is 5.91 Å². The summed E-state index contributed by atoms with van der Waals surface area (Å²) >= 11 is 3.42. The summed E-state index contributed by atoms with van der Waals surface area (Å²) in [4.78, 5) is 14.0. The SMILES string of the molecule is CCCCCN(C)CC(=O)Nc1ccc(Br)cc1C. The molecule has 0 aliphatic heterocycles. The van der Waals surface area contributed by atoms with Crippen LogP contribution in [0.4, 0.5) is 5.69 Å². The predicted octanol–water partition coefficient (Wildman–Crippen LogP) is 3.82. The van der Waals surface area contributed by atoms with Gasteiger partial charge in [-0.2, -0.15) is 0 Å². The molecule has 0 aliphatic rings. The number of nitrogens with one attached hydrogen (secondary N) is 1. The zero-order valence-electron chi connectivity index (χ0n) is 12.0. The van der Waals surface area contributed by atoms with Gasteiger partial charge in [0.25, 0.3) is 0 Å². The number of carbonyl (C=O) groups excluding carboxylic acids is 1. The van der Waals surface area contributed by atoms with Crippen LogP contribution >= 0.6 is 15.9 Å². The highest BCUT2D eigenvalue weighted by Crippen LogP contribution is 2.19. The molecule has 0 saturated carbocycles. The highest BCUT2D eigenvalue weighted by atomic mass is 79.9. The summed E-state index contributed by atoms with van der Waals surface area (Å²) in [5, 5.41) is 2.96. The molecule has 4 heteroatoms. The van der Waals surface area contributed by atoms with Crippen LogP contribution in [0.2, 0.25) is 0 Å². The van der Waals surface area contributed by atoms with Crippen LogP contribution in [-0.4, -0.2) is 30.9 Å². The number of likely N-dealkylation sites (N-methyl/N-ethyl adjacent to an activating group) is 1. The second-order valence-electron chi connectivity index (χ2n) is 4.95. The Labute approximate surface area is 124 Å². The number of benzene rings is 1. The number of aryl methyl sites for hydroxylation is 1. The molecular formula is C15H23BrN2O. The van der Waals surface area contributed by atoms with E-state index in [9.17, 15) is 4.79 Å². The fraction of sp³-hybridized carbons (Fsp3) is 0.533. The molecule has 0 fully saturated rings. The summed E-state index contributed by atoms with van der Waals surface area (Å²) in [6, 6.07) is 5.86. The van der Waals surface area contributed by atoms with E-state index in [1.165, 1.54) is 12.8 Å². The topological polar surface area (TPSA) is 32.3 Å². The van der Waals surface area contributed by atoms with Gasteiger partial charge in [0, 0.05) is 10.2 Å². The van der Waals surface area contributed by atoms with Gasteiger partial charge in [-0.15, -0.1) is 0 Å². The molecule has 0 aromatic heterocycles. The highest BCUT2D eigenvalue weighted by molar-refractivity contribution is 9.10. The first-order chi connectivity index (χ1) is 9.02. The summed E-state index contributed by atoms with van der Waals surface area (Å²) in [5.74, 6) is 0.0458. The van der Waals surface area contributed by atoms with Crippen LogP contribution in [-0.2, 0) is 4.79 Å². The standard InChI is InChI=1S/C15H23BrN2O/c1-4-5-6-9-18(3)11-15(19)17-14-8-7-13(16)10-12(14)2/h7-8,10H,4-6,9,11H2,1-3H3,(H,17,19). The normalized spacial score (nSPS) is 10.8. The number of rotatable bonds is 7. The number of hydrogen-bond donors (Lipinski definition) is 1. The molecule has 1 amide bonds. The Bertz CT molecular complexity index is 421. The molecule has 0 bridgehead atoms. The number of nitrogens with zero attached hydrogens (tertiary/aromatic N) is 1. The van der Waals surface area contributed by atoms with E-state index in [4.69, 9.17) is 0 Å². The lowest BCUT2D eigenvalue weighted by atomic mass is 10.2. The van der Waals surface area contributed by atoms with Crippen molar-refractivity contribution in [3.8, 4) is 0 Å². The fourth-order valence-electron chi connectivity index (χ4n) is 1.91. The fourth-order valence-corrected chi connectivity index (χ4v) is 2.39. The summed E-state index contributed by atoms with van der Waals surface area (Å²) in [6.07, 6.45) is 3.58. The van der Waals surface area contributed by atoms with E-state index in [1.807, 2.05) is 32.2 Å². The predicted molar refractivity (Wildman–Crippen MR) is 84.5 cm³/mol. The second-order valence-corrected chi connectivity index (χ2v) is 5.87. The maximum absolute atomic E-state index is 11.9. The van der Waals surface area contributed by atoms with Crippen LogP contribution in [0.5, 0.6) is 0 Å². The zero-order chi connectivity index (χ0) is 14.3. The molecule has 0 saturated heterocycles. The molecule has 19 heavy (non-hydrogen) atoms. The first-order valence-electron chi connectivity index (χ1n) is 6.77. The molecule has 0 radical (unpaired) electrons. The molecule has 1 aromatic carbocycles. The maximum Gasteiger partial charge on any atom is 0.238 e. The van der Waals surface area contributed by atoms with Crippen LogP contribution in [0.25, 0.3) is 0 Å². The minimum absolute atomic E-state index is 0.0458. The van der Waals surface area contributed by atoms with Gasteiger partial charge >= 0.3 is 0 Å². The number of carbonyl (C=O) groups is 1. The van der Waals surface area contributed by atoms with Crippen molar-refractivity contribution in [1.29, 1.82) is 0 Å². The van der Waals surface area contributed by atoms with Gasteiger partial charge in [0.05, 0.1) is 6.54 Å². The monoisotopic (exact) mass is 326 g/mol. The number of amides is 1. The van der Waals surface area contributed by atoms with E-state index in [0.717, 1.165) is 28.7 Å². The van der Waals surface area contributed by atoms with Crippen LogP contribution in [0.1, 0.15) is 31.7 Å². The van der Waals surface area contributed by atoms with E-state index in [2.05, 4.69) is 33.1 Å². The third-order valence-electron chi connectivity index (χ3n) is 3.02. The van der Waals surface area contributed by atoms with E-state index in [0.29, 0.717) is 6.54 Å². The van der Waals surface area contributed by atoms with Gasteiger partial charge in [0.1, 0.15) is 0 Å². The number of hydrogen-bond acceptors (Lipinski definition) is 2. The molecule has 3 nitrogen and oxygen atoms in total. The van der Waals surface area contributed by atoms with E-state index < -0.39 is 0 Å². The van der Waals surface area contributed by atoms with Crippen LogP contribution < -0.4 is 5.32 Å². The minimum Gasteiger partial charge on any atom is -0.325 e. The van der Waals surface area contributed by atoms with Gasteiger partial charge in [-0.25, -0.2) is 0 Å². The Morgan fingerprint density at radius 3 is 2.74 bits per heavy atom. The quantitative estimate of drug-likeness (QED) is 0.772. The third kappa shape index (κ3) is 6.21. The molecular weight excluding hydrogens is 304 g/mol. The average molecular weight is 327 g/mol. The molecule has 1 N–H and O–H groups in total. The highest BCUT2D eigenvalue weighted by Gasteiger charge is 2.08. The first-order valence-corrected chi connectivity index (χ1v) is 7.56. The zero-order valence-corrected chi connectivity index (χ0v) is 13.6. The third-order valence-corrected chi connectivity index (χ3v) is 3.51. The van der Waals surface area contributed by atoms with Crippen molar-refractivity contribution in [1.82, 2.24) is 4.90 Å². The Morgan fingerprint density at radius 1 is 1.37 bits per heavy atom. The lowest BCUT2D eigenvalue weighted by Crippen LogP contribution is -2.31. The first kappa shape index (κ1) is 16.2. The molecule has 0 spiro atoms. The van der Waals surface area contributed by atoms with Gasteiger partial charge in [0.15, 0.2) is 0 Å². The van der Waals surface area contributed by atoms with Gasteiger partial charge in [-0.1, -0.05) is 35.7 Å². The number of unbranched alkanes of at least 4 members (excludes halogenated alkanes) is 2. The Morgan fingerprint density at radius 2 is 2.11 bits per heavy atom. The van der Waals surface area contributed by atoms with Crippen molar-refractivity contribution in [2.45, 2.75) is 33.1 Å². The van der Waals surface area contributed by atoms with Crippen molar-refractivity contribution in [2.24, 2.45) is 0 Å². The van der Waals surface area contributed by atoms with Crippen LogP contribution in [0, 0.1) is 6.92 Å². The minimum atomic E-state index is 0.0458. The average Bonchev–Trinajstić information content (AvgIpc) is 2.33. The number of halogens is 1. The maximum atomic E-state index is 11.9. The van der Waals surface area contributed by atoms with Crippen molar-refractivity contribution in [3.05, 3.63) is 28.2 Å². The van der Waals surface area contributed by atoms with Gasteiger partial charge in [-0.05, 0) is 50.7 Å². The molecule has 0 atom stereocenters. The molecule has 0 unspecified atom stereocenters. The Hall–Kier alpha value is -0.870. The van der Waals surface area contributed by atoms with Gasteiger partial charge in [0.2, 0.25) is 5.91 Å². The lowest BCUT2D eigenvalue weighted by molar-refractivity contribution is -0.117. The van der Waals surface area contributed by atoms with E-state index in [1.54, 1.807) is 0 Å². The summed E-state index contributed by atoms with van der Waals surface area (Å²) < 4.78 is 1.03. The summed E-state index contributed by atoms with van der Waals surface area (Å²) in [6.45, 7) is 5.59. The molecule has 0 heterocycles. The van der Waals surface area contributed by atoms with Gasteiger partial charge in [-0.3, -0.25) is 9.69 Å². The molecule has 106 valence electrons. The van der Waals surface area contributed by atoms with Crippen molar-refractivity contribution in [3.63, 3.8) is 0 Å². The van der Waals surface area contributed by atoms with Crippen molar-refractivity contribution in [2.75, 3.05) is 25.5 Å². The smallest absolute Gasteiger partial charge is 0.238 e. The largest absolute Gasteiger partial charge is 0.325 e. The molecule has 0 aliphatic carbocycles. The molecule has 1 rings (SSSR count). The summed E-state index contributed by atoms with van der Waals surface area (Å²) in [5.41, 5.74) is 1.95. The molecule has 1 aromatic rings. The Kier molecular flexibility index (Phi) is 7.10. The summed E-state index contributed by atoms with van der Waals surface area (Å²) in [7, 11) is 1.99. The second kappa shape index (κ2) is 8.33. The van der Waals surface area contributed by atoms with Crippen LogP contribution in [0.3, 0.4) is 0 Å². The van der Waals surface area contributed by atoms with Crippen molar-refractivity contribution >= 4 is 27.5 Å². The van der Waals surface area contributed by atoms with Gasteiger partial charge < -0.3 is 5.32 Å². The van der Waals surface area contributed by atoms with Crippen molar-refractivity contribution < 1.29 is 4.79 Å². The lowest BCUT2D eigenvalue weighted by Gasteiger charge is -2.16. The Balaban J connectivity index is 2.42. The van der Waals surface area contributed by atoms with Crippen LogP contribution in [0.15, 0.2) is 22.7 Å². The number of anilines is 1. The van der Waals surface area contributed by atoms with E-state index >= 15 is 0 Å².